The predicted molar refractivity (Wildman–Crippen MR) is 60.5 cm³/mol. The molecule has 1 aromatic rings. The summed E-state index contributed by atoms with van der Waals surface area (Å²) in [6.07, 6.45) is -5.77. The van der Waals surface area contributed by atoms with Gasteiger partial charge in [-0.3, -0.25) is 10.1 Å². The summed E-state index contributed by atoms with van der Waals surface area (Å²) in [7, 11) is 0. The van der Waals surface area contributed by atoms with E-state index >= 15 is 0 Å². The number of halogens is 6. The van der Waals surface area contributed by atoms with Gasteiger partial charge in [-0.1, -0.05) is 15.9 Å². The highest BCUT2D eigenvalue weighted by Gasteiger charge is 2.58. The standard InChI is InChI=1S/C10H7BrF5NO2/c11-4-3-6-5-7(1-2-8(6)17(18)19)9(12,13)10(14,15)16/h1-2,5H,3-4H2. The molecule has 0 amide bonds. The lowest BCUT2D eigenvalue weighted by Gasteiger charge is -2.20. The summed E-state index contributed by atoms with van der Waals surface area (Å²) in [6.45, 7) is 0. The van der Waals surface area contributed by atoms with Gasteiger partial charge in [0.05, 0.1) is 4.92 Å². The largest absolute Gasteiger partial charge is 0.458 e. The first-order valence-corrected chi connectivity index (χ1v) is 6.01. The van der Waals surface area contributed by atoms with E-state index in [0.29, 0.717) is 18.2 Å². The molecule has 0 aliphatic carbocycles. The lowest BCUT2D eigenvalue weighted by Crippen LogP contribution is -2.33. The summed E-state index contributed by atoms with van der Waals surface area (Å²) in [5.74, 6) is -5.04. The van der Waals surface area contributed by atoms with Crippen LogP contribution in [0.5, 0.6) is 0 Å². The van der Waals surface area contributed by atoms with Crippen LogP contribution in [0.1, 0.15) is 11.1 Å². The summed E-state index contributed by atoms with van der Waals surface area (Å²) in [5.41, 5.74) is -1.97. The summed E-state index contributed by atoms with van der Waals surface area (Å²) >= 11 is 2.95. The molecule has 0 unspecified atom stereocenters. The van der Waals surface area contributed by atoms with E-state index in [2.05, 4.69) is 15.9 Å². The van der Waals surface area contributed by atoms with Crippen molar-refractivity contribution in [3.8, 4) is 0 Å². The third kappa shape index (κ3) is 3.20. The Labute approximate surface area is 112 Å². The van der Waals surface area contributed by atoms with Crippen LogP contribution >= 0.6 is 15.9 Å². The molecule has 0 saturated heterocycles. The third-order valence-electron chi connectivity index (χ3n) is 2.36. The van der Waals surface area contributed by atoms with Crippen LogP contribution in [0.4, 0.5) is 27.6 Å². The predicted octanol–water partition coefficient (Wildman–Crippen LogP) is 4.19. The summed E-state index contributed by atoms with van der Waals surface area (Å²) in [4.78, 5) is 9.81. The van der Waals surface area contributed by atoms with Crippen molar-refractivity contribution >= 4 is 21.6 Å². The minimum absolute atomic E-state index is 0.0297. The van der Waals surface area contributed by atoms with Crippen molar-refractivity contribution in [2.45, 2.75) is 18.5 Å². The molecule has 0 aliphatic rings. The Morgan fingerprint density at radius 3 is 2.21 bits per heavy atom. The minimum atomic E-state index is -5.74. The van der Waals surface area contributed by atoms with E-state index in [1.54, 1.807) is 0 Å². The topological polar surface area (TPSA) is 43.1 Å². The molecule has 0 aliphatic heterocycles. The number of hydrogen-bond acceptors (Lipinski definition) is 2. The second-order valence-corrected chi connectivity index (χ2v) is 4.40. The van der Waals surface area contributed by atoms with Gasteiger partial charge in [-0.2, -0.15) is 22.0 Å². The quantitative estimate of drug-likeness (QED) is 0.355. The summed E-state index contributed by atoms with van der Waals surface area (Å²) in [6, 6.07) is 1.60. The van der Waals surface area contributed by atoms with Crippen LogP contribution in [0.2, 0.25) is 0 Å². The highest BCUT2D eigenvalue weighted by Crippen LogP contribution is 2.44. The van der Waals surface area contributed by atoms with Crippen molar-refractivity contribution in [3.05, 3.63) is 39.4 Å². The highest BCUT2D eigenvalue weighted by molar-refractivity contribution is 9.09. The van der Waals surface area contributed by atoms with Crippen LogP contribution in [0.25, 0.3) is 0 Å². The monoisotopic (exact) mass is 347 g/mol. The van der Waals surface area contributed by atoms with Gasteiger partial charge in [0.2, 0.25) is 0 Å². The molecule has 1 rings (SSSR count). The van der Waals surface area contributed by atoms with Crippen LogP contribution in [-0.2, 0) is 12.3 Å². The van der Waals surface area contributed by atoms with Crippen molar-refractivity contribution in [1.29, 1.82) is 0 Å². The number of benzene rings is 1. The van der Waals surface area contributed by atoms with Gasteiger partial charge in [-0.15, -0.1) is 0 Å². The molecule has 19 heavy (non-hydrogen) atoms. The number of alkyl halides is 6. The van der Waals surface area contributed by atoms with Crippen LogP contribution in [0, 0.1) is 10.1 Å². The number of nitro groups is 1. The second kappa shape index (κ2) is 5.40. The molecule has 0 atom stereocenters. The molecular weight excluding hydrogens is 341 g/mol. The van der Waals surface area contributed by atoms with Gasteiger partial charge in [0, 0.05) is 22.5 Å². The first-order chi connectivity index (χ1) is 8.61. The molecule has 0 heterocycles. The van der Waals surface area contributed by atoms with Crippen molar-refractivity contribution in [1.82, 2.24) is 0 Å². The van der Waals surface area contributed by atoms with Gasteiger partial charge in [-0.25, -0.2) is 0 Å². The fourth-order valence-electron chi connectivity index (χ4n) is 1.42. The maximum Gasteiger partial charge on any atom is 0.458 e. The Morgan fingerprint density at radius 1 is 1.21 bits per heavy atom. The molecule has 0 radical (unpaired) electrons. The fourth-order valence-corrected chi connectivity index (χ4v) is 1.85. The minimum Gasteiger partial charge on any atom is -0.258 e. The first kappa shape index (κ1) is 15.8. The number of hydrogen-bond donors (Lipinski definition) is 0. The Bertz CT molecular complexity index is 489. The maximum absolute atomic E-state index is 13.1. The van der Waals surface area contributed by atoms with E-state index in [1.165, 1.54) is 0 Å². The van der Waals surface area contributed by atoms with Gasteiger partial charge < -0.3 is 0 Å². The zero-order valence-corrected chi connectivity index (χ0v) is 10.8. The zero-order valence-electron chi connectivity index (χ0n) is 9.18. The molecule has 0 N–H and O–H groups in total. The Kier molecular flexibility index (Phi) is 4.49. The molecule has 106 valence electrons. The SMILES string of the molecule is O=[N+]([O-])c1ccc(C(F)(F)C(F)(F)F)cc1CCBr. The average Bonchev–Trinajstić information content (AvgIpc) is 2.27. The van der Waals surface area contributed by atoms with E-state index in [9.17, 15) is 32.1 Å². The second-order valence-electron chi connectivity index (χ2n) is 3.61. The number of nitro benzene ring substituents is 1. The van der Waals surface area contributed by atoms with Gasteiger partial charge in [0.1, 0.15) is 0 Å². The van der Waals surface area contributed by atoms with E-state index in [1.807, 2.05) is 0 Å². The van der Waals surface area contributed by atoms with Crippen LogP contribution in [0.3, 0.4) is 0 Å². The molecule has 0 aromatic heterocycles. The van der Waals surface area contributed by atoms with Gasteiger partial charge in [0.15, 0.2) is 0 Å². The van der Waals surface area contributed by atoms with E-state index in [4.69, 9.17) is 0 Å². The lowest BCUT2D eigenvalue weighted by atomic mass is 10.0. The first-order valence-electron chi connectivity index (χ1n) is 4.89. The highest BCUT2D eigenvalue weighted by atomic mass is 79.9. The molecule has 1 aromatic carbocycles. The number of aryl methyl sites for hydroxylation is 1. The van der Waals surface area contributed by atoms with Gasteiger partial charge in [-0.05, 0) is 18.6 Å². The lowest BCUT2D eigenvalue weighted by molar-refractivity contribution is -0.385. The molecule has 9 heteroatoms. The van der Waals surface area contributed by atoms with Crippen molar-refractivity contribution in [2.24, 2.45) is 0 Å². The molecular formula is C10H7BrF5NO2. The Hall–Kier alpha value is -1.25. The molecule has 3 nitrogen and oxygen atoms in total. The van der Waals surface area contributed by atoms with E-state index < -0.39 is 28.3 Å². The van der Waals surface area contributed by atoms with Gasteiger partial charge >= 0.3 is 12.1 Å². The molecule has 0 spiro atoms. The van der Waals surface area contributed by atoms with E-state index in [-0.39, 0.29) is 17.3 Å². The number of nitrogens with zero attached hydrogens (tertiary/aromatic N) is 1. The zero-order chi connectivity index (χ0) is 14.8. The molecule has 0 fully saturated rings. The smallest absolute Gasteiger partial charge is 0.258 e. The average molecular weight is 348 g/mol. The van der Waals surface area contributed by atoms with Crippen LogP contribution in [0.15, 0.2) is 18.2 Å². The molecule has 0 bridgehead atoms. The van der Waals surface area contributed by atoms with Crippen molar-refractivity contribution < 1.29 is 26.9 Å². The Morgan fingerprint density at radius 2 is 1.79 bits per heavy atom. The van der Waals surface area contributed by atoms with E-state index in [0.717, 1.165) is 0 Å². The van der Waals surface area contributed by atoms with Crippen LogP contribution in [-0.4, -0.2) is 16.4 Å². The maximum atomic E-state index is 13.1. The molecule has 0 saturated carbocycles. The third-order valence-corrected chi connectivity index (χ3v) is 2.76. The fraction of sp³-hybridized carbons (Fsp3) is 0.400. The van der Waals surface area contributed by atoms with Crippen molar-refractivity contribution in [2.75, 3.05) is 5.33 Å². The summed E-state index contributed by atoms with van der Waals surface area (Å²) < 4.78 is 62.8. The van der Waals surface area contributed by atoms with Crippen LogP contribution < -0.4 is 0 Å². The Balaban J connectivity index is 3.33. The van der Waals surface area contributed by atoms with Crippen molar-refractivity contribution in [3.63, 3.8) is 0 Å². The van der Waals surface area contributed by atoms with Gasteiger partial charge in [0.25, 0.3) is 5.69 Å². The number of rotatable bonds is 4. The normalized spacial score (nSPS) is 12.5. The summed E-state index contributed by atoms with van der Waals surface area (Å²) in [5, 5.41) is 10.8.